The Morgan fingerprint density at radius 3 is 2.00 bits per heavy atom. The van der Waals surface area contributed by atoms with Gasteiger partial charge in [0, 0.05) is 31.6 Å². The predicted octanol–water partition coefficient (Wildman–Crippen LogP) is 2.50. The Morgan fingerprint density at radius 1 is 1.05 bits per heavy atom. The van der Waals surface area contributed by atoms with Gasteiger partial charge in [0.25, 0.3) is 0 Å². The van der Waals surface area contributed by atoms with E-state index in [1.54, 1.807) is 0 Å². The van der Waals surface area contributed by atoms with E-state index in [1.807, 2.05) is 0 Å². The van der Waals surface area contributed by atoms with E-state index < -0.39 is 0 Å². The molecule has 2 aliphatic heterocycles. The molecule has 0 spiro atoms. The lowest BCUT2D eigenvalue weighted by Gasteiger charge is -2.39. The third kappa shape index (κ3) is 3.14. The third-order valence-electron chi connectivity index (χ3n) is 5.05. The molecule has 2 fully saturated rings. The SMILES string of the molecule is CC1CC(C)CN(CC2C(N)C(C)(C)OC2(C)C)C1. The maximum atomic E-state index is 6.47. The molecule has 3 heteroatoms. The maximum Gasteiger partial charge on any atom is 0.0788 e. The van der Waals surface area contributed by atoms with Gasteiger partial charge in [-0.05, 0) is 46.0 Å². The molecule has 0 aromatic heterocycles. The molecule has 4 unspecified atom stereocenters. The minimum absolute atomic E-state index is 0.118. The molecule has 112 valence electrons. The molecule has 2 saturated heterocycles. The van der Waals surface area contributed by atoms with Crippen LogP contribution in [0.4, 0.5) is 0 Å². The largest absolute Gasteiger partial charge is 0.368 e. The molecule has 2 heterocycles. The van der Waals surface area contributed by atoms with Gasteiger partial charge in [0.15, 0.2) is 0 Å². The highest BCUT2D eigenvalue weighted by molar-refractivity contribution is 5.05. The molecule has 0 radical (unpaired) electrons. The Labute approximate surface area is 118 Å². The van der Waals surface area contributed by atoms with E-state index in [2.05, 4.69) is 46.4 Å². The van der Waals surface area contributed by atoms with Crippen molar-refractivity contribution in [3.63, 3.8) is 0 Å². The van der Waals surface area contributed by atoms with E-state index in [-0.39, 0.29) is 17.2 Å². The summed E-state index contributed by atoms with van der Waals surface area (Å²) in [5.74, 6) is 2.02. The van der Waals surface area contributed by atoms with Gasteiger partial charge in [-0.1, -0.05) is 13.8 Å². The van der Waals surface area contributed by atoms with Gasteiger partial charge >= 0.3 is 0 Å². The van der Waals surface area contributed by atoms with Crippen molar-refractivity contribution in [2.75, 3.05) is 19.6 Å². The first kappa shape index (κ1) is 15.3. The topological polar surface area (TPSA) is 38.5 Å². The molecule has 4 atom stereocenters. The first-order valence-electron chi connectivity index (χ1n) is 7.80. The summed E-state index contributed by atoms with van der Waals surface area (Å²) in [5, 5.41) is 0. The van der Waals surface area contributed by atoms with Gasteiger partial charge in [0.1, 0.15) is 0 Å². The lowest BCUT2D eigenvalue weighted by molar-refractivity contribution is -0.0794. The molecule has 0 amide bonds. The lowest BCUT2D eigenvalue weighted by atomic mass is 9.81. The summed E-state index contributed by atoms with van der Waals surface area (Å²) in [5.41, 5.74) is 6.14. The van der Waals surface area contributed by atoms with Gasteiger partial charge in [-0.2, -0.15) is 0 Å². The molecule has 2 aliphatic rings. The van der Waals surface area contributed by atoms with Crippen LogP contribution in [0.15, 0.2) is 0 Å². The highest BCUT2D eigenvalue weighted by atomic mass is 16.5. The number of nitrogens with zero attached hydrogens (tertiary/aromatic N) is 1. The van der Waals surface area contributed by atoms with Gasteiger partial charge in [0.2, 0.25) is 0 Å². The second kappa shape index (κ2) is 5.01. The smallest absolute Gasteiger partial charge is 0.0788 e. The van der Waals surface area contributed by atoms with E-state index >= 15 is 0 Å². The fourth-order valence-electron chi connectivity index (χ4n) is 4.29. The molecule has 2 N–H and O–H groups in total. The van der Waals surface area contributed by atoms with E-state index in [4.69, 9.17) is 10.5 Å². The molecule has 19 heavy (non-hydrogen) atoms. The first-order chi connectivity index (χ1) is 8.62. The molecule has 3 nitrogen and oxygen atoms in total. The number of piperidine rings is 1. The number of likely N-dealkylation sites (tertiary alicyclic amines) is 1. The lowest BCUT2D eigenvalue weighted by Crippen LogP contribution is -2.50. The van der Waals surface area contributed by atoms with Crippen molar-refractivity contribution in [1.29, 1.82) is 0 Å². The fourth-order valence-corrected chi connectivity index (χ4v) is 4.29. The highest BCUT2D eigenvalue weighted by Gasteiger charge is 2.52. The van der Waals surface area contributed by atoms with Crippen LogP contribution in [0.25, 0.3) is 0 Å². The standard InChI is InChI=1S/C16H32N2O/c1-11-7-12(2)9-18(8-11)10-13-14(17)16(5,6)19-15(13,3)4/h11-14H,7-10,17H2,1-6H3. The fraction of sp³-hybridized carbons (Fsp3) is 1.00. The average Bonchev–Trinajstić information content (AvgIpc) is 2.35. The summed E-state index contributed by atoms with van der Waals surface area (Å²) in [7, 11) is 0. The van der Waals surface area contributed by atoms with E-state index in [0.717, 1.165) is 18.4 Å². The summed E-state index contributed by atoms with van der Waals surface area (Å²) in [6.07, 6.45) is 1.36. The maximum absolute atomic E-state index is 6.47. The number of nitrogens with two attached hydrogens (primary N) is 1. The first-order valence-corrected chi connectivity index (χ1v) is 7.80. The van der Waals surface area contributed by atoms with Crippen LogP contribution in [0.3, 0.4) is 0 Å². The summed E-state index contributed by atoms with van der Waals surface area (Å²) < 4.78 is 6.20. The minimum atomic E-state index is -0.207. The quantitative estimate of drug-likeness (QED) is 0.836. The van der Waals surface area contributed by atoms with Gasteiger partial charge in [-0.15, -0.1) is 0 Å². The monoisotopic (exact) mass is 268 g/mol. The zero-order valence-electron chi connectivity index (χ0n) is 13.6. The van der Waals surface area contributed by atoms with Crippen molar-refractivity contribution in [2.45, 2.75) is 65.2 Å². The van der Waals surface area contributed by atoms with Gasteiger partial charge in [-0.25, -0.2) is 0 Å². The molecule has 0 saturated carbocycles. The van der Waals surface area contributed by atoms with Gasteiger partial charge in [0.05, 0.1) is 11.2 Å². The van der Waals surface area contributed by atoms with Crippen LogP contribution < -0.4 is 5.73 Å². The molecule has 0 aromatic rings. The Kier molecular flexibility index (Phi) is 4.03. The summed E-state index contributed by atoms with van der Waals surface area (Å²) in [6.45, 7) is 16.9. The van der Waals surface area contributed by atoms with Crippen molar-refractivity contribution >= 4 is 0 Å². The average molecular weight is 268 g/mol. The van der Waals surface area contributed by atoms with Crippen LogP contribution in [-0.2, 0) is 4.74 Å². The number of hydrogen-bond acceptors (Lipinski definition) is 3. The van der Waals surface area contributed by atoms with Crippen molar-refractivity contribution in [1.82, 2.24) is 4.90 Å². The second-order valence-corrected chi connectivity index (χ2v) is 8.11. The summed E-state index contributed by atoms with van der Waals surface area (Å²) >= 11 is 0. The second-order valence-electron chi connectivity index (χ2n) is 8.11. The van der Waals surface area contributed by atoms with Crippen molar-refractivity contribution < 1.29 is 4.74 Å². The highest BCUT2D eigenvalue weighted by Crippen LogP contribution is 2.42. The Balaban J connectivity index is 2.05. The van der Waals surface area contributed by atoms with Crippen molar-refractivity contribution in [3.8, 4) is 0 Å². The predicted molar refractivity (Wildman–Crippen MR) is 80.1 cm³/mol. The number of rotatable bonds is 2. The minimum Gasteiger partial charge on any atom is -0.368 e. The number of ether oxygens (including phenoxy) is 1. The molecule has 2 rings (SSSR count). The Hall–Kier alpha value is -0.120. The summed E-state index contributed by atoms with van der Waals surface area (Å²) in [6, 6.07) is 0.120. The van der Waals surface area contributed by atoms with Gasteiger partial charge in [-0.3, -0.25) is 0 Å². The molecular weight excluding hydrogens is 236 g/mol. The van der Waals surface area contributed by atoms with E-state index in [0.29, 0.717) is 5.92 Å². The van der Waals surface area contributed by atoms with Crippen LogP contribution >= 0.6 is 0 Å². The van der Waals surface area contributed by atoms with Crippen molar-refractivity contribution in [3.05, 3.63) is 0 Å². The van der Waals surface area contributed by atoms with Gasteiger partial charge < -0.3 is 15.4 Å². The molecular formula is C16H32N2O. The van der Waals surface area contributed by atoms with Crippen molar-refractivity contribution in [2.24, 2.45) is 23.5 Å². The third-order valence-corrected chi connectivity index (χ3v) is 5.05. The summed E-state index contributed by atoms with van der Waals surface area (Å²) in [4.78, 5) is 2.61. The normalized spacial score (nSPS) is 42.5. The van der Waals surface area contributed by atoms with Crippen LogP contribution in [0.1, 0.15) is 48.0 Å². The van der Waals surface area contributed by atoms with Crippen LogP contribution in [-0.4, -0.2) is 41.8 Å². The van der Waals surface area contributed by atoms with E-state index in [9.17, 15) is 0 Å². The van der Waals surface area contributed by atoms with Crippen LogP contribution in [0.5, 0.6) is 0 Å². The van der Waals surface area contributed by atoms with Crippen LogP contribution in [0.2, 0.25) is 0 Å². The zero-order valence-corrected chi connectivity index (χ0v) is 13.6. The molecule has 0 aromatic carbocycles. The van der Waals surface area contributed by atoms with Crippen LogP contribution in [0, 0.1) is 17.8 Å². The Bertz CT molecular complexity index is 317. The molecule has 0 bridgehead atoms. The van der Waals surface area contributed by atoms with E-state index in [1.165, 1.54) is 19.5 Å². The Morgan fingerprint density at radius 2 is 1.58 bits per heavy atom. The zero-order chi connectivity index (χ0) is 14.4. The number of hydrogen-bond donors (Lipinski definition) is 1. The molecule has 0 aliphatic carbocycles.